The predicted molar refractivity (Wildman–Crippen MR) is 71.4 cm³/mol. The highest BCUT2D eigenvalue weighted by atomic mass is 16.6. The fraction of sp³-hybridized carbons (Fsp3) is 0.286. The minimum Gasteiger partial charge on any atom is -0.493 e. The monoisotopic (exact) mass is 293 g/mol. The maximum atomic E-state index is 12.3. The summed E-state index contributed by atoms with van der Waals surface area (Å²) in [7, 11) is 2.93. The topological polar surface area (TPSA) is 97.1 Å². The van der Waals surface area contributed by atoms with Gasteiger partial charge in [-0.15, -0.1) is 0 Å². The number of hydrogen-bond donors (Lipinski definition) is 1. The Labute approximate surface area is 121 Å². The summed E-state index contributed by atoms with van der Waals surface area (Å²) >= 11 is 0. The Morgan fingerprint density at radius 2 is 2.00 bits per heavy atom. The number of ketones is 1. The summed E-state index contributed by atoms with van der Waals surface area (Å²) in [5.74, 6) is -0.916. The van der Waals surface area contributed by atoms with Gasteiger partial charge in [-0.25, -0.2) is 0 Å². The van der Waals surface area contributed by atoms with Crippen LogP contribution >= 0.6 is 0 Å². The molecule has 0 bridgehead atoms. The van der Waals surface area contributed by atoms with Gasteiger partial charge in [-0.2, -0.15) is 0 Å². The van der Waals surface area contributed by atoms with Crippen LogP contribution in [0.2, 0.25) is 0 Å². The molecular formula is C14H15NO6. The second kappa shape index (κ2) is 5.74. The Kier molecular flexibility index (Phi) is 4.02. The van der Waals surface area contributed by atoms with Gasteiger partial charge in [-0.3, -0.25) is 9.59 Å². The second-order valence-corrected chi connectivity index (χ2v) is 4.23. The standard InChI is InChI=1S/C14H15NO6/c1-7(16)20-13-10(17)12(21-14(13)15)8-5-4-6-9(18-2)11(8)19-3/h4-6,12H,15H2,1-3H3. The van der Waals surface area contributed by atoms with Crippen LogP contribution in [0, 0.1) is 0 Å². The summed E-state index contributed by atoms with van der Waals surface area (Å²) in [6.07, 6.45) is -1.04. The zero-order valence-electron chi connectivity index (χ0n) is 11.8. The van der Waals surface area contributed by atoms with Gasteiger partial charge < -0.3 is 24.7 Å². The highest BCUT2D eigenvalue weighted by Gasteiger charge is 2.39. The molecule has 1 aromatic carbocycles. The van der Waals surface area contributed by atoms with Crippen LogP contribution in [0.4, 0.5) is 0 Å². The lowest BCUT2D eigenvalue weighted by atomic mass is 10.0. The lowest BCUT2D eigenvalue weighted by Gasteiger charge is -2.16. The quantitative estimate of drug-likeness (QED) is 0.828. The van der Waals surface area contributed by atoms with Crippen molar-refractivity contribution in [2.75, 3.05) is 14.2 Å². The van der Waals surface area contributed by atoms with Gasteiger partial charge in [0.25, 0.3) is 0 Å². The third-order valence-corrected chi connectivity index (χ3v) is 2.89. The molecule has 1 unspecified atom stereocenters. The number of Topliss-reactive ketones (excluding diaryl/α,β-unsaturated/α-hetero) is 1. The van der Waals surface area contributed by atoms with E-state index in [0.29, 0.717) is 17.1 Å². The number of ether oxygens (including phenoxy) is 4. The summed E-state index contributed by atoms with van der Waals surface area (Å²) in [5.41, 5.74) is 6.03. The van der Waals surface area contributed by atoms with Gasteiger partial charge in [0.1, 0.15) is 0 Å². The lowest BCUT2D eigenvalue weighted by Crippen LogP contribution is -2.14. The van der Waals surface area contributed by atoms with Gasteiger partial charge in [0.15, 0.2) is 17.6 Å². The molecule has 1 atom stereocenters. The Morgan fingerprint density at radius 3 is 2.57 bits per heavy atom. The van der Waals surface area contributed by atoms with Crippen LogP contribution in [0.5, 0.6) is 11.5 Å². The molecule has 0 fully saturated rings. The number of carbonyl (C=O) groups is 2. The van der Waals surface area contributed by atoms with E-state index in [1.165, 1.54) is 21.1 Å². The Bertz CT molecular complexity index is 622. The zero-order chi connectivity index (χ0) is 15.6. The van der Waals surface area contributed by atoms with Crippen LogP contribution in [-0.4, -0.2) is 26.0 Å². The molecule has 0 saturated carbocycles. The first-order valence-electron chi connectivity index (χ1n) is 6.09. The average molecular weight is 293 g/mol. The predicted octanol–water partition coefficient (Wildman–Crippen LogP) is 1.04. The van der Waals surface area contributed by atoms with Crippen LogP contribution in [-0.2, 0) is 19.1 Å². The molecule has 0 spiro atoms. The number of hydrogen-bond acceptors (Lipinski definition) is 7. The van der Waals surface area contributed by atoms with E-state index < -0.39 is 17.9 Å². The van der Waals surface area contributed by atoms with Gasteiger partial charge in [0.05, 0.1) is 14.2 Å². The van der Waals surface area contributed by atoms with Crippen LogP contribution in [0.1, 0.15) is 18.6 Å². The molecule has 0 saturated heterocycles. The normalized spacial score (nSPS) is 17.5. The SMILES string of the molecule is COc1cccc(C2OC(N)=C(OC(C)=O)C2=O)c1OC. The molecule has 1 heterocycles. The van der Waals surface area contributed by atoms with Crippen molar-refractivity contribution in [2.24, 2.45) is 5.73 Å². The lowest BCUT2D eigenvalue weighted by molar-refractivity contribution is -0.140. The highest BCUT2D eigenvalue weighted by Crippen LogP contribution is 2.40. The van der Waals surface area contributed by atoms with E-state index in [4.69, 9.17) is 24.7 Å². The van der Waals surface area contributed by atoms with Gasteiger partial charge in [-0.1, -0.05) is 12.1 Å². The number of nitrogens with two attached hydrogens (primary N) is 1. The Morgan fingerprint density at radius 1 is 1.29 bits per heavy atom. The number of carbonyl (C=O) groups excluding carboxylic acids is 2. The molecule has 112 valence electrons. The molecule has 2 N–H and O–H groups in total. The van der Waals surface area contributed by atoms with Crippen LogP contribution < -0.4 is 15.2 Å². The second-order valence-electron chi connectivity index (χ2n) is 4.23. The Hall–Kier alpha value is -2.70. The maximum Gasteiger partial charge on any atom is 0.308 e. The number of para-hydroxylation sites is 1. The minimum atomic E-state index is -1.04. The van der Waals surface area contributed by atoms with E-state index in [9.17, 15) is 9.59 Å². The number of rotatable bonds is 4. The van der Waals surface area contributed by atoms with E-state index in [2.05, 4.69) is 0 Å². The van der Waals surface area contributed by atoms with Crippen molar-refractivity contribution in [3.63, 3.8) is 0 Å². The smallest absolute Gasteiger partial charge is 0.308 e. The summed E-state index contributed by atoms with van der Waals surface area (Å²) < 4.78 is 20.5. The summed E-state index contributed by atoms with van der Waals surface area (Å²) in [6, 6.07) is 5.02. The van der Waals surface area contributed by atoms with Crippen molar-refractivity contribution in [3.05, 3.63) is 35.4 Å². The van der Waals surface area contributed by atoms with E-state index in [0.717, 1.165) is 0 Å². The Balaban J connectivity index is 2.38. The van der Waals surface area contributed by atoms with Crippen LogP contribution in [0.15, 0.2) is 29.8 Å². The summed E-state index contributed by atoms with van der Waals surface area (Å²) in [5, 5.41) is 0. The van der Waals surface area contributed by atoms with Crippen molar-refractivity contribution in [1.29, 1.82) is 0 Å². The molecule has 7 nitrogen and oxygen atoms in total. The molecular weight excluding hydrogens is 278 g/mol. The van der Waals surface area contributed by atoms with Gasteiger partial charge in [0.2, 0.25) is 17.4 Å². The van der Waals surface area contributed by atoms with Crippen LogP contribution in [0.25, 0.3) is 0 Å². The van der Waals surface area contributed by atoms with Gasteiger partial charge in [0, 0.05) is 12.5 Å². The molecule has 0 radical (unpaired) electrons. The number of esters is 1. The van der Waals surface area contributed by atoms with Crippen molar-refractivity contribution < 1.29 is 28.5 Å². The van der Waals surface area contributed by atoms with E-state index in [-0.39, 0.29) is 11.6 Å². The number of methoxy groups -OCH3 is 2. The molecule has 0 aromatic heterocycles. The van der Waals surface area contributed by atoms with E-state index in [1.807, 2.05) is 0 Å². The molecule has 1 aliphatic heterocycles. The van der Waals surface area contributed by atoms with Crippen molar-refractivity contribution in [1.82, 2.24) is 0 Å². The molecule has 0 amide bonds. The van der Waals surface area contributed by atoms with Crippen LogP contribution in [0.3, 0.4) is 0 Å². The van der Waals surface area contributed by atoms with Gasteiger partial charge >= 0.3 is 5.97 Å². The first-order valence-corrected chi connectivity index (χ1v) is 6.09. The molecule has 0 aliphatic carbocycles. The average Bonchev–Trinajstić information content (AvgIpc) is 2.73. The minimum absolute atomic E-state index is 0.231. The fourth-order valence-electron chi connectivity index (χ4n) is 2.04. The zero-order valence-corrected chi connectivity index (χ0v) is 11.8. The first kappa shape index (κ1) is 14.7. The fourth-order valence-corrected chi connectivity index (χ4v) is 2.04. The van der Waals surface area contributed by atoms with E-state index in [1.54, 1.807) is 18.2 Å². The summed E-state index contributed by atoms with van der Waals surface area (Å²) in [4.78, 5) is 23.3. The first-order chi connectivity index (χ1) is 9.99. The maximum absolute atomic E-state index is 12.3. The van der Waals surface area contributed by atoms with Crippen molar-refractivity contribution >= 4 is 11.8 Å². The highest BCUT2D eigenvalue weighted by molar-refractivity contribution is 6.01. The number of benzene rings is 1. The molecule has 21 heavy (non-hydrogen) atoms. The molecule has 1 aromatic rings. The van der Waals surface area contributed by atoms with Gasteiger partial charge in [-0.05, 0) is 6.07 Å². The molecule has 7 heteroatoms. The van der Waals surface area contributed by atoms with Crippen molar-refractivity contribution in [2.45, 2.75) is 13.0 Å². The van der Waals surface area contributed by atoms with E-state index >= 15 is 0 Å². The third-order valence-electron chi connectivity index (χ3n) is 2.89. The molecule has 1 aliphatic rings. The molecule has 2 rings (SSSR count). The third kappa shape index (κ3) is 2.62. The largest absolute Gasteiger partial charge is 0.493 e. The summed E-state index contributed by atoms with van der Waals surface area (Å²) in [6.45, 7) is 1.17. The van der Waals surface area contributed by atoms with Crippen molar-refractivity contribution in [3.8, 4) is 11.5 Å².